The number of hydrogen-bond acceptors (Lipinski definition) is 4. The van der Waals surface area contributed by atoms with Gasteiger partial charge in [0.2, 0.25) is 5.03 Å². The lowest BCUT2D eigenvalue weighted by molar-refractivity contribution is 0.455. The summed E-state index contributed by atoms with van der Waals surface area (Å²) in [6.45, 7) is 0.749. The van der Waals surface area contributed by atoms with Gasteiger partial charge < -0.3 is 5.32 Å². The second-order valence-corrected chi connectivity index (χ2v) is 5.18. The van der Waals surface area contributed by atoms with E-state index >= 15 is 0 Å². The first-order valence-corrected chi connectivity index (χ1v) is 6.15. The van der Waals surface area contributed by atoms with E-state index in [2.05, 4.69) is 10.3 Å². The summed E-state index contributed by atoms with van der Waals surface area (Å²) in [5.74, 6) is -0.834. The molecular weight excluding hydrogens is 233 g/mol. The Morgan fingerprint density at radius 1 is 1.56 bits per heavy atom. The zero-order valence-electron chi connectivity index (χ0n) is 9.14. The summed E-state index contributed by atoms with van der Waals surface area (Å²) < 4.78 is 38.1. The van der Waals surface area contributed by atoms with Crippen molar-refractivity contribution in [3.63, 3.8) is 0 Å². The number of nitrogens with one attached hydrogen (secondary N) is 1. The van der Waals surface area contributed by atoms with Crippen molar-refractivity contribution < 1.29 is 12.8 Å². The van der Waals surface area contributed by atoms with Gasteiger partial charge in [-0.05, 0) is 19.2 Å². The van der Waals surface area contributed by atoms with Crippen molar-refractivity contribution in [2.75, 3.05) is 27.2 Å². The smallest absolute Gasteiger partial charge is 0.263 e. The summed E-state index contributed by atoms with van der Waals surface area (Å²) in [4.78, 5) is 3.55. The van der Waals surface area contributed by atoms with Crippen LogP contribution >= 0.6 is 0 Å². The van der Waals surface area contributed by atoms with Gasteiger partial charge in [0.15, 0.2) is 5.82 Å². The monoisotopic (exact) mass is 247 g/mol. The van der Waals surface area contributed by atoms with Crippen LogP contribution in [0.4, 0.5) is 4.39 Å². The highest BCUT2D eigenvalue weighted by molar-refractivity contribution is 7.89. The van der Waals surface area contributed by atoms with Crippen LogP contribution in [0, 0.1) is 5.82 Å². The van der Waals surface area contributed by atoms with Gasteiger partial charge in [-0.1, -0.05) is 0 Å². The van der Waals surface area contributed by atoms with Crippen molar-refractivity contribution in [2.45, 2.75) is 5.03 Å². The zero-order chi connectivity index (χ0) is 12.2. The number of pyridine rings is 1. The predicted octanol–water partition coefficient (Wildman–Crippen LogP) is 0.0606. The quantitative estimate of drug-likeness (QED) is 0.799. The van der Waals surface area contributed by atoms with Crippen molar-refractivity contribution in [3.05, 3.63) is 24.1 Å². The van der Waals surface area contributed by atoms with E-state index in [1.165, 1.54) is 19.3 Å². The van der Waals surface area contributed by atoms with Gasteiger partial charge >= 0.3 is 0 Å². The third-order valence-corrected chi connectivity index (χ3v) is 3.85. The molecule has 0 aliphatic carbocycles. The maximum atomic E-state index is 13.3. The number of sulfonamides is 1. The summed E-state index contributed by atoms with van der Waals surface area (Å²) in [6.07, 6.45) is 1.25. The summed E-state index contributed by atoms with van der Waals surface area (Å²) in [6, 6.07) is 2.42. The molecule has 0 spiro atoms. The number of likely N-dealkylation sites (N-methyl/N-ethyl adjacent to an activating group) is 2. The van der Waals surface area contributed by atoms with Gasteiger partial charge in [0.1, 0.15) is 0 Å². The summed E-state index contributed by atoms with van der Waals surface area (Å²) in [5, 5.41) is 2.28. The molecule has 0 bridgehead atoms. The van der Waals surface area contributed by atoms with E-state index in [0.29, 0.717) is 6.54 Å². The van der Waals surface area contributed by atoms with Crippen LogP contribution in [-0.2, 0) is 10.0 Å². The first-order valence-electron chi connectivity index (χ1n) is 4.71. The Hall–Kier alpha value is -1.05. The zero-order valence-corrected chi connectivity index (χ0v) is 9.96. The first kappa shape index (κ1) is 13.0. The Kier molecular flexibility index (Phi) is 4.34. The summed E-state index contributed by atoms with van der Waals surface area (Å²) in [7, 11) is -0.735. The van der Waals surface area contributed by atoms with Gasteiger partial charge in [-0.15, -0.1) is 0 Å². The third kappa shape index (κ3) is 2.75. The maximum Gasteiger partial charge on any atom is 0.263 e. The van der Waals surface area contributed by atoms with Crippen LogP contribution in [0.1, 0.15) is 0 Å². The lowest BCUT2D eigenvalue weighted by atomic mass is 10.5. The molecule has 1 N–H and O–H groups in total. The van der Waals surface area contributed by atoms with Gasteiger partial charge in [0, 0.05) is 26.3 Å². The molecule has 0 unspecified atom stereocenters. The first-order chi connectivity index (χ1) is 7.50. The summed E-state index contributed by atoms with van der Waals surface area (Å²) >= 11 is 0. The fourth-order valence-corrected chi connectivity index (χ4v) is 2.23. The average Bonchev–Trinajstić information content (AvgIpc) is 2.26. The highest BCUT2D eigenvalue weighted by atomic mass is 32.2. The Morgan fingerprint density at radius 3 is 2.81 bits per heavy atom. The molecule has 1 aromatic heterocycles. The van der Waals surface area contributed by atoms with Gasteiger partial charge in [0.05, 0.1) is 0 Å². The summed E-state index contributed by atoms with van der Waals surface area (Å²) in [5.41, 5.74) is 0. The minimum Gasteiger partial charge on any atom is -0.318 e. The normalized spacial score (nSPS) is 12.0. The Bertz CT molecular complexity index is 450. The fraction of sp³-hybridized carbons (Fsp3) is 0.444. The standard InChI is InChI=1S/C9H14FN3O2S/c1-11-6-7-13(2)16(14,15)9-8(10)4-3-5-12-9/h3-5,11H,6-7H2,1-2H3. The molecule has 0 fully saturated rings. The maximum absolute atomic E-state index is 13.3. The molecule has 0 aliphatic heterocycles. The van der Waals surface area contributed by atoms with Crippen molar-refractivity contribution in [1.29, 1.82) is 0 Å². The van der Waals surface area contributed by atoms with Crippen LogP contribution < -0.4 is 5.32 Å². The van der Waals surface area contributed by atoms with Crippen LogP contribution in [0.5, 0.6) is 0 Å². The average molecular weight is 247 g/mol. The molecule has 0 atom stereocenters. The molecule has 0 saturated heterocycles. The van der Waals surface area contributed by atoms with Crippen molar-refractivity contribution in [1.82, 2.24) is 14.6 Å². The van der Waals surface area contributed by atoms with Gasteiger partial charge in [0.25, 0.3) is 10.0 Å². The van der Waals surface area contributed by atoms with E-state index in [0.717, 1.165) is 10.4 Å². The number of aromatic nitrogens is 1. The number of nitrogens with zero attached hydrogens (tertiary/aromatic N) is 2. The van der Waals surface area contributed by atoms with E-state index < -0.39 is 20.9 Å². The highest BCUT2D eigenvalue weighted by Crippen LogP contribution is 2.14. The van der Waals surface area contributed by atoms with Crippen molar-refractivity contribution in [2.24, 2.45) is 0 Å². The number of rotatable bonds is 5. The van der Waals surface area contributed by atoms with Crippen molar-refractivity contribution >= 4 is 10.0 Å². The van der Waals surface area contributed by atoms with Crippen LogP contribution in [-0.4, -0.2) is 44.9 Å². The van der Waals surface area contributed by atoms with Crippen LogP contribution in [0.25, 0.3) is 0 Å². The molecular formula is C9H14FN3O2S. The van der Waals surface area contributed by atoms with Crippen LogP contribution in [0.2, 0.25) is 0 Å². The molecule has 0 saturated carbocycles. The fourth-order valence-electron chi connectivity index (χ4n) is 1.10. The van der Waals surface area contributed by atoms with Gasteiger partial charge in [-0.25, -0.2) is 17.8 Å². The molecule has 90 valence electrons. The third-order valence-electron chi connectivity index (χ3n) is 2.06. The molecule has 1 heterocycles. The lowest BCUT2D eigenvalue weighted by Crippen LogP contribution is -2.33. The molecule has 7 heteroatoms. The van der Waals surface area contributed by atoms with E-state index in [9.17, 15) is 12.8 Å². The van der Waals surface area contributed by atoms with Gasteiger partial charge in [-0.3, -0.25) is 0 Å². The molecule has 1 rings (SSSR count). The molecule has 1 aromatic rings. The van der Waals surface area contributed by atoms with E-state index in [4.69, 9.17) is 0 Å². The molecule has 5 nitrogen and oxygen atoms in total. The van der Waals surface area contributed by atoms with E-state index in [1.54, 1.807) is 7.05 Å². The molecule has 0 aromatic carbocycles. The second-order valence-electron chi connectivity index (χ2n) is 3.22. The van der Waals surface area contributed by atoms with Crippen LogP contribution in [0.15, 0.2) is 23.4 Å². The highest BCUT2D eigenvalue weighted by Gasteiger charge is 2.25. The number of halogens is 1. The molecule has 0 amide bonds. The minimum atomic E-state index is -3.83. The lowest BCUT2D eigenvalue weighted by Gasteiger charge is -2.16. The Morgan fingerprint density at radius 2 is 2.25 bits per heavy atom. The Labute approximate surface area is 94.3 Å². The topological polar surface area (TPSA) is 62.3 Å². The second kappa shape index (κ2) is 5.33. The molecule has 0 radical (unpaired) electrons. The SMILES string of the molecule is CNCCN(C)S(=O)(=O)c1ncccc1F. The van der Waals surface area contributed by atoms with E-state index in [1.807, 2.05) is 0 Å². The largest absolute Gasteiger partial charge is 0.318 e. The molecule has 16 heavy (non-hydrogen) atoms. The van der Waals surface area contributed by atoms with Gasteiger partial charge in [-0.2, -0.15) is 4.31 Å². The molecule has 0 aliphatic rings. The van der Waals surface area contributed by atoms with Crippen molar-refractivity contribution in [3.8, 4) is 0 Å². The minimum absolute atomic E-state index is 0.259. The predicted molar refractivity (Wildman–Crippen MR) is 57.9 cm³/mol. The van der Waals surface area contributed by atoms with Crippen LogP contribution in [0.3, 0.4) is 0 Å². The number of hydrogen-bond donors (Lipinski definition) is 1. The van der Waals surface area contributed by atoms with E-state index in [-0.39, 0.29) is 6.54 Å². The Balaban J connectivity index is 2.98.